The molecular weight excluding hydrogens is 428 g/mol. The Labute approximate surface area is 186 Å². The monoisotopic (exact) mass is 464 g/mol. The number of hydrogen-bond acceptors (Lipinski definition) is 11. The quantitative estimate of drug-likeness (QED) is 0.222. The molecule has 2 unspecified atom stereocenters. The third-order valence-corrected chi connectivity index (χ3v) is 6.71. The molecule has 0 aromatic rings. The Balaban J connectivity index is 1.63. The molecule has 3 fully saturated rings. The highest BCUT2D eigenvalue weighted by atomic mass is 16.7. The molecular formula is C21H36O11. The molecule has 186 valence electrons. The van der Waals surface area contributed by atoms with Crippen molar-refractivity contribution in [3.05, 3.63) is 11.1 Å². The zero-order valence-corrected chi connectivity index (χ0v) is 18.6. The first-order valence-corrected chi connectivity index (χ1v) is 10.9. The fraction of sp³-hybridized carbons (Fsp3) is 0.905. The summed E-state index contributed by atoms with van der Waals surface area (Å²) in [4.78, 5) is 0. The van der Waals surface area contributed by atoms with Crippen molar-refractivity contribution in [2.45, 2.75) is 107 Å². The van der Waals surface area contributed by atoms with E-state index in [1.807, 2.05) is 13.8 Å². The van der Waals surface area contributed by atoms with Crippen molar-refractivity contribution >= 4 is 0 Å². The summed E-state index contributed by atoms with van der Waals surface area (Å²) in [5.74, 6) is 0. The molecule has 2 aliphatic heterocycles. The van der Waals surface area contributed by atoms with Crippen LogP contribution in [0.4, 0.5) is 0 Å². The van der Waals surface area contributed by atoms with E-state index in [1.165, 1.54) is 0 Å². The van der Waals surface area contributed by atoms with Gasteiger partial charge in [-0.25, -0.2) is 0 Å². The summed E-state index contributed by atoms with van der Waals surface area (Å²) in [6, 6.07) is 0. The summed E-state index contributed by atoms with van der Waals surface area (Å²) in [5, 5.41) is 70.9. The number of aliphatic hydroxyl groups excluding tert-OH is 7. The number of ether oxygens (including phenoxy) is 4. The van der Waals surface area contributed by atoms with E-state index in [0.29, 0.717) is 19.3 Å². The molecule has 2 saturated heterocycles. The largest absolute Gasteiger partial charge is 0.390 e. The molecule has 3 aliphatic rings. The van der Waals surface area contributed by atoms with Crippen LogP contribution in [0.3, 0.4) is 0 Å². The van der Waals surface area contributed by atoms with Gasteiger partial charge < -0.3 is 54.7 Å². The number of allylic oxidation sites excluding steroid dienone is 1. The van der Waals surface area contributed by atoms with Crippen molar-refractivity contribution in [1.29, 1.82) is 0 Å². The molecule has 1 aliphatic carbocycles. The Morgan fingerprint density at radius 2 is 1.59 bits per heavy atom. The molecule has 11 heteroatoms. The first-order chi connectivity index (χ1) is 14.9. The van der Waals surface area contributed by atoms with E-state index in [1.54, 1.807) is 6.92 Å². The molecule has 7 N–H and O–H groups in total. The molecule has 0 spiro atoms. The Kier molecular flexibility index (Phi) is 8.33. The van der Waals surface area contributed by atoms with Crippen LogP contribution in [-0.4, -0.2) is 116 Å². The Hall–Kier alpha value is -0.700. The summed E-state index contributed by atoms with van der Waals surface area (Å²) in [7, 11) is 0. The van der Waals surface area contributed by atoms with Crippen molar-refractivity contribution in [2.75, 3.05) is 13.2 Å². The van der Waals surface area contributed by atoms with Crippen LogP contribution in [0.5, 0.6) is 0 Å². The minimum absolute atomic E-state index is 0.256. The summed E-state index contributed by atoms with van der Waals surface area (Å²) < 4.78 is 22.2. The van der Waals surface area contributed by atoms with Gasteiger partial charge in [0, 0.05) is 0 Å². The van der Waals surface area contributed by atoms with Crippen LogP contribution in [-0.2, 0) is 18.9 Å². The van der Waals surface area contributed by atoms with Gasteiger partial charge in [0.05, 0.1) is 24.9 Å². The average molecular weight is 465 g/mol. The van der Waals surface area contributed by atoms with Crippen molar-refractivity contribution in [2.24, 2.45) is 0 Å². The van der Waals surface area contributed by atoms with Crippen molar-refractivity contribution in [1.82, 2.24) is 0 Å². The van der Waals surface area contributed by atoms with Crippen LogP contribution >= 0.6 is 0 Å². The highest BCUT2D eigenvalue weighted by Gasteiger charge is 2.49. The van der Waals surface area contributed by atoms with Crippen LogP contribution in [0.2, 0.25) is 0 Å². The molecule has 3 rings (SSSR count). The van der Waals surface area contributed by atoms with Crippen molar-refractivity contribution in [3.8, 4) is 0 Å². The van der Waals surface area contributed by atoms with E-state index in [9.17, 15) is 35.7 Å². The van der Waals surface area contributed by atoms with Gasteiger partial charge in [0.15, 0.2) is 12.6 Å². The van der Waals surface area contributed by atoms with Gasteiger partial charge in [-0.3, -0.25) is 0 Å². The fourth-order valence-corrected chi connectivity index (χ4v) is 4.24. The van der Waals surface area contributed by atoms with Crippen LogP contribution < -0.4 is 0 Å². The van der Waals surface area contributed by atoms with Crippen molar-refractivity contribution < 1.29 is 54.7 Å². The fourth-order valence-electron chi connectivity index (χ4n) is 4.24. The van der Waals surface area contributed by atoms with Crippen LogP contribution in [0.1, 0.15) is 40.0 Å². The van der Waals surface area contributed by atoms with E-state index < -0.39 is 67.0 Å². The van der Waals surface area contributed by atoms with Crippen LogP contribution in [0.25, 0.3) is 0 Å². The molecule has 11 atom stereocenters. The summed E-state index contributed by atoms with van der Waals surface area (Å²) in [6.07, 6.45) is -12.0. The van der Waals surface area contributed by atoms with Gasteiger partial charge in [-0.2, -0.15) is 0 Å². The SMILES string of the molecule is CC(C)=C1CCC(C)(O[C@@H]2O[C@H](CO[C@@H]3OC[C@H](O)[C@H](O)[C@H]3O)[C@@H](O)[C@H](O)[C@H]2O)C(O)C1. The summed E-state index contributed by atoms with van der Waals surface area (Å²) in [6.45, 7) is 5.05. The molecule has 0 radical (unpaired) electrons. The van der Waals surface area contributed by atoms with E-state index in [0.717, 1.165) is 11.1 Å². The molecule has 2 heterocycles. The molecule has 0 aromatic heterocycles. The molecule has 32 heavy (non-hydrogen) atoms. The van der Waals surface area contributed by atoms with Gasteiger partial charge in [0.2, 0.25) is 0 Å². The molecule has 0 aromatic carbocycles. The number of rotatable bonds is 5. The molecule has 11 nitrogen and oxygen atoms in total. The molecule has 0 bridgehead atoms. The minimum atomic E-state index is -1.61. The van der Waals surface area contributed by atoms with Crippen LogP contribution in [0, 0.1) is 0 Å². The van der Waals surface area contributed by atoms with Gasteiger partial charge >= 0.3 is 0 Å². The van der Waals surface area contributed by atoms with Gasteiger partial charge in [-0.1, -0.05) is 11.1 Å². The first-order valence-electron chi connectivity index (χ1n) is 10.9. The Morgan fingerprint density at radius 1 is 0.938 bits per heavy atom. The minimum Gasteiger partial charge on any atom is -0.390 e. The lowest BCUT2D eigenvalue weighted by atomic mass is 9.79. The summed E-state index contributed by atoms with van der Waals surface area (Å²) >= 11 is 0. The van der Waals surface area contributed by atoms with Gasteiger partial charge in [-0.15, -0.1) is 0 Å². The maximum absolute atomic E-state index is 10.7. The van der Waals surface area contributed by atoms with Crippen molar-refractivity contribution in [3.63, 3.8) is 0 Å². The zero-order chi connectivity index (χ0) is 23.8. The lowest BCUT2D eigenvalue weighted by molar-refractivity contribution is -0.345. The second-order valence-corrected chi connectivity index (χ2v) is 9.35. The summed E-state index contributed by atoms with van der Waals surface area (Å²) in [5.41, 5.74) is 1.24. The third kappa shape index (κ3) is 5.34. The lowest BCUT2D eigenvalue weighted by Gasteiger charge is -2.47. The molecule has 0 amide bonds. The van der Waals surface area contributed by atoms with E-state index >= 15 is 0 Å². The smallest absolute Gasteiger partial charge is 0.187 e. The third-order valence-electron chi connectivity index (χ3n) is 6.71. The maximum Gasteiger partial charge on any atom is 0.187 e. The standard InChI is InChI=1S/C21H36O11/c1-9(2)10-4-5-21(3,13(23)6-10)32-20-18(28)16(26)15(25)12(31-20)8-30-19-17(27)14(24)11(22)7-29-19/h11-20,22-28H,4-8H2,1-3H3/t11-,12+,13?,14-,15+,16-,17+,18+,19-,20-,21?/m0/s1. The number of aliphatic hydroxyl groups is 7. The number of hydrogen-bond donors (Lipinski definition) is 7. The molecule has 1 saturated carbocycles. The predicted molar refractivity (Wildman–Crippen MR) is 108 cm³/mol. The first kappa shape index (κ1) is 25.9. The Morgan fingerprint density at radius 3 is 2.22 bits per heavy atom. The average Bonchev–Trinajstić information content (AvgIpc) is 2.74. The predicted octanol–water partition coefficient (Wildman–Crippen LogP) is -2.09. The zero-order valence-electron chi connectivity index (χ0n) is 18.6. The van der Waals surface area contributed by atoms with Gasteiger partial charge in [0.25, 0.3) is 0 Å². The Bertz CT molecular complexity index is 668. The lowest BCUT2D eigenvalue weighted by Crippen LogP contribution is -2.62. The highest BCUT2D eigenvalue weighted by Crippen LogP contribution is 2.38. The second kappa shape index (κ2) is 10.3. The van der Waals surface area contributed by atoms with E-state index in [2.05, 4.69) is 0 Å². The van der Waals surface area contributed by atoms with Gasteiger partial charge in [-0.05, 0) is 40.0 Å². The van der Waals surface area contributed by atoms with Gasteiger partial charge in [0.1, 0.15) is 42.7 Å². The van der Waals surface area contributed by atoms with E-state index in [-0.39, 0.29) is 13.2 Å². The highest BCUT2D eigenvalue weighted by molar-refractivity contribution is 5.16. The van der Waals surface area contributed by atoms with E-state index in [4.69, 9.17) is 18.9 Å². The van der Waals surface area contributed by atoms with Crippen LogP contribution in [0.15, 0.2) is 11.1 Å². The maximum atomic E-state index is 10.7. The topological polar surface area (TPSA) is 179 Å². The second-order valence-electron chi connectivity index (χ2n) is 9.35. The normalized spacial score (nSPS) is 48.0.